The minimum atomic E-state index is 0.199. The van der Waals surface area contributed by atoms with Crippen molar-refractivity contribution in [1.82, 2.24) is 4.90 Å². The normalized spacial score (nSPS) is 18.0. The number of thiophene rings is 1. The molecule has 2 aliphatic rings. The quantitative estimate of drug-likeness (QED) is 0.650. The van der Waals surface area contributed by atoms with E-state index in [0.717, 1.165) is 23.8 Å². The summed E-state index contributed by atoms with van der Waals surface area (Å²) in [5.41, 5.74) is 3.66. The molecular formula is C22H18N2OS. The van der Waals surface area contributed by atoms with Crippen LogP contribution in [0.2, 0.25) is 0 Å². The number of ether oxygens (including phenoxy) is 1. The molecule has 3 heterocycles. The maximum atomic E-state index is 6.27. The van der Waals surface area contributed by atoms with E-state index in [2.05, 4.69) is 77.0 Å². The van der Waals surface area contributed by atoms with E-state index in [1.165, 1.54) is 16.0 Å². The first kappa shape index (κ1) is 15.4. The Hall–Kier alpha value is -2.85. The van der Waals surface area contributed by atoms with Crippen LogP contribution < -0.4 is 0 Å². The Bertz CT molecular complexity index is 976. The minimum Gasteiger partial charge on any atom is -0.473 e. The fourth-order valence-corrected chi connectivity index (χ4v) is 4.21. The van der Waals surface area contributed by atoms with Gasteiger partial charge >= 0.3 is 0 Å². The Morgan fingerprint density at radius 2 is 1.85 bits per heavy atom. The fraction of sp³-hybridized carbons (Fsp3) is 0.136. The van der Waals surface area contributed by atoms with Crippen LogP contribution in [0.4, 0.5) is 0 Å². The Labute approximate surface area is 156 Å². The molecule has 0 amide bonds. The Morgan fingerprint density at radius 1 is 1.00 bits per heavy atom. The molecule has 1 atom stereocenters. The smallest absolute Gasteiger partial charge is 0.196 e. The third kappa shape index (κ3) is 2.63. The van der Waals surface area contributed by atoms with Crippen molar-refractivity contribution in [2.45, 2.75) is 12.6 Å². The highest BCUT2D eigenvalue weighted by Crippen LogP contribution is 2.39. The monoisotopic (exact) mass is 358 g/mol. The van der Waals surface area contributed by atoms with Crippen molar-refractivity contribution < 1.29 is 4.74 Å². The lowest BCUT2D eigenvalue weighted by molar-refractivity contribution is 0.127. The summed E-state index contributed by atoms with van der Waals surface area (Å²) in [7, 11) is 0. The van der Waals surface area contributed by atoms with Gasteiger partial charge in [-0.3, -0.25) is 9.89 Å². The summed E-state index contributed by atoms with van der Waals surface area (Å²) in [5.74, 6) is 1.87. The number of amidine groups is 1. The predicted octanol–water partition coefficient (Wildman–Crippen LogP) is 5.08. The molecule has 4 heteroatoms. The highest BCUT2D eigenvalue weighted by atomic mass is 32.1. The molecule has 1 unspecified atom stereocenters. The molecule has 0 aliphatic carbocycles. The lowest BCUT2D eigenvalue weighted by Crippen LogP contribution is -2.34. The van der Waals surface area contributed by atoms with Gasteiger partial charge in [0.05, 0.1) is 12.6 Å². The maximum Gasteiger partial charge on any atom is 0.196 e. The zero-order valence-corrected chi connectivity index (χ0v) is 15.0. The molecular weight excluding hydrogens is 340 g/mol. The average Bonchev–Trinajstić information content (AvgIpc) is 3.37. The van der Waals surface area contributed by atoms with Gasteiger partial charge in [0.15, 0.2) is 5.88 Å². The first-order valence-corrected chi connectivity index (χ1v) is 9.63. The van der Waals surface area contributed by atoms with E-state index in [1.54, 1.807) is 11.3 Å². The topological polar surface area (TPSA) is 24.8 Å². The Balaban J connectivity index is 1.53. The van der Waals surface area contributed by atoms with Crippen molar-refractivity contribution in [1.29, 1.82) is 0 Å². The molecule has 3 nitrogen and oxygen atoms in total. The summed E-state index contributed by atoms with van der Waals surface area (Å²) in [6.07, 6.45) is 2.14. The van der Waals surface area contributed by atoms with Crippen LogP contribution in [-0.2, 0) is 11.3 Å². The van der Waals surface area contributed by atoms with Crippen LogP contribution in [0.5, 0.6) is 0 Å². The highest BCUT2D eigenvalue weighted by Gasteiger charge is 2.37. The molecule has 0 spiro atoms. The molecule has 5 rings (SSSR count). The van der Waals surface area contributed by atoms with Crippen LogP contribution in [0, 0.1) is 0 Å². The van der Waals surface area contributed by atoms with Gasteiger partial charge in [0.25, 0.3) is 0 Å². The van der Waals surface area contributed by atoms with Gasteiger partial charge < -0.3 is 4.74 Å². The van der Waals surface area contributed by atoms with Crippen molar-refractivity contribution in [3.05, 3.63) is 99.6 Å². The van der Waals surface area contributed by atoms with Crippen LogP contribution in [0.15, 0.2) is 83.0 Å². The molecule has 0 saturated heterocycles. The molecule has 0 bridgehead atoms. The third-order valence-corrected chi connectivity index (χ3v) is 5.65. The van der Waals surface area contributed by atoms with E-state index in [4.69, 9.17) is 9.73 Å². The van der Waals surface area contributed by atoms with E-state index in [9.17, 15) is 0 Å². The first-order valence-electron chi connectivity index (χ1n) is 8.75. The van der Waals surface area contributed by atoms with Gasteiger partial charge in [-0.1, -0.05) is 60.7 Å². The largest absolute Gasteiger partial charge is 0.473 e. The molecule has 3 aromatic rings. The second-order valence-electron chi connectivity index (χ2n) is 6.40. The summed E-state index contributed by atoms with van der Waals surface area (Å²) in [4.78, 5) is 8.35. The lowest BCUT2D eigenvalue weighted by Gasteiger charge is -2.34. The molecule has 0 fully saturated rings. The number of fused-ring (bicyclic) bond motifs is 3. The van der Waals surface area contributed by atoms with Crippen molar-refractivity contribution in [3.8, 4) is 0 Å². The van der Waals surface area contributed by atoms with Crippen LogP contribution in [-0.4, -0.2) is 17.3 Å². The molecule has 1 aromatic heterocycles. The van der Waals surface area contributed by atoms with Crippen molar-refractivity contribution >= 4 is 23.2 Å². The van der Waals surface area contributed by atoms with Crippen LogP contribution in [0.25, 0.3) is 6.08 Å². The number of hydrogen-bond acceptors (Lipinski definition) is 4. The Morgan fingerprint density at radius 3 is 2.69 bits per heavy atom. The molecule has 2 aliphatic heterocycles. The molecule has 128 valence electrons. The van der Waals surface area contributed by atoms with E-state index in [-0.39, 0.29) is 6.04 Å². The van der Waals surface area contributed by atoms with Crippen LogP contribution in [0.1, 0.15) is 27.6 Å². The second-order valence-corrected chi connectivity index (χ2v) is 7.43. The van der Waals surface area contributed by atoms with Gasteiger partial charge in [0.1, 0.15) is 12.4 Å². The van der Waals surface area contributed by atoms with Crippen LogP contribution in [0.3, 0.4) is 0 Å². The minimum absolute atomic E-state index is 0.199. The van der Waals surface area contributed by atoms with Gasteiger partial charge in [0.2, 0.25) is 0 Å². The van der Waals surface area contributed by atoms with Crippen LogP contribution >= 0.6 is 11.3 Å². The second kappa shape index (κ2) is 6.46. The number of hydrogen-bond donors (Lipinski definition) is 0. The molecule has 0 radical (unpaired) electrons. The zero-order valence-electron chi connectivity index (χ0n) is 14.2. The fourth-order valence-electron chi connectivity index (χ4n) is 3.59. The van der Waals surface area contributed by atoms with Gasteiger partial charge in [-0.15, -0.1) is 11.3 Å². The van der Waals surface area contributed by atoms with Crippen molar-refractivity contribution in [2.75, 3.05) is 6.54 Å². The number of rotatable bonds is 4. The van der Waals surface area contributed by atoms with Gasteiger partial charge in [-0.25, -0.2) is 0 Å². The predicted molar refractivity (Wildman–Crippen MR) is 106 cm³/mol. The summed E-state index contributed by atoms with van der Waals surface area (Å²) in [6.45, 7) is 1.33. The number of benzene rings is 2. The summed E-state index contributed by atoms with van der Waals surface area (Å²) in [6, 6.07) is 23.3. The number of nitrogens with zero attached hydrogens (tertiary/aromatic N) is 2. The van der Waals surface area contributed by atoms with Gasteiger partial charge in [-0.05, 0) is 22.6 Å². The highest BCUT2D eigenvalue weighted by molar-refractivity contribution is 7.09. The zero-order chi connectivity index (χ0) is 17.3. The van der Waals surface area contributed by atoms with Gasteiger partial charge in [-0.2, -0.15) is 0 Å². The standard InChI is InChI=1S/C22H18N2OS/c1-2-7-16(8-3-1)22-23-14-20-19-11-5-4-9-17(19)13-21(24(20)22)25-15-18-10-6-12-26-18/h1-13,20H,14-15H2. The van der Waals surface area contributed by atoms with E-state index in [0.29, 0.717) is 6.61 Å². The first-order chi connectivity index (χ1) is 12.9. The molecule has 0 N–H and O–H groups in total. The van der Waals surface area contributed by atoms with E-state index >= 15 is 0 Å². The molecule has 0 saturated carbocycles. The SMILES string of the molecule is C1=C(OCc2cccs2)N2C(c3ccccc3)=NCC2c2ccccc21. The summed E-state index contributed by atoms with van der Waals surface area (Å²) in [5, 5.41) is 2.08. The lowest BCUT2D eigenvalue weighted by atomic mass is 9.96. The Kier molecular flexibility index (Phi) is 3.83. The van der Waals surface area contributed by atoms with Crippen molar-refractivity contribution in [3.63, 3.8) is 0 Å². The maximum absolute atomic E-state index is 6.27. The third-order valence-electron chi connectivity index (χ3n) is 4.80. The van der Waals surface area contributed by atoms with E-state index in [1.807, 2.05) is 6.07 Å². The average molecular weight is 358 g/mol. The number of aliphatic imine (C=N–C) groups is 1. The van der Waals surface area contributed by atoms with Gasteiger partial charge in [0, 0.05) is 16.5 Å². The summed E-state index contributed by atoms with van der Waals surface area (Å²) < 4.78 is 6.27. The molecule has 2 aromatic carbocycles. The molecule has 26 heavy (non-hydrogen) atoms. The summed E-state index contributed by atoms with van der Waals surface area (Å²) >= 11 is 1.72. The van der Waals surface area contributed by atoms with Crippen molar-refractivity contribution in [2.24, 2.45) is 4.99 Å². The van der Waals surface area contributed by atoms with E-state index < -0.39 is 0 Å².